The molecule has 0 aliphatic heterocycles. The highest BCUT2D eigenvalue weighted by Crippen LogP contribution is 2.35. The molecule has 4 rings (SSSR count). The standard InChI is InChI=1S/C24H24N4O/c1-16(2)27-24-26-14-19-12-21(18-9-6-10-20(25)11-18)23(13-22(19)28-24)29-15-17-7-4-3-5-8-17/h3-14,16H,15,25H2,1-2H3,(H,26,27,28). The number of nitrogens with two attached hydrogens (primary N) is 1. The van der Waals surface area contributed by atoms with E-state index in [-0.39, 0.29) is 6.04 Å². The Morgan fingerprint density at radius 3 is 2.59 bits per heavy atom. The van der Waals surface area contributed by atoms with Crippen molar-refractivity contribution in [2.24, 2.45) is 0 Å². The van der Waals surface area contributed by atoms with E-state index in [1.54, 1.807) is 0 Å². The molecule has 0 aliphatic rings. The molecule has 1 aromatic heterocycles. The maximum atomic E-state index is 6.22. The van der Waals surface area contributed by atoms with E-state index in [0.717, 1.165) is 33.3 Å². The molecule has 3 N–H and O–H groups in total. The minimum atomic E-state index is 0.257. The zero-order valence-electron chi connectivity index (χ0n) is 16.6. The third-order valence-electron chi connectivity index (χ3n) is 4.53. The summed E-state index contributed by atoms with van der Waals surface area (Å²) in [6.07, 6.45) is 1.84. The van der Waals surface area contributed by atoms with Crippen molar-refractivity contribution in [1.29, 1.82) is 0 Å². The zero-order chi connectivity index (χ0) is 20.2. The zero-order valence-corrected chi connectivity index (χ0v) is 16.6. The molecule has 146 valence electrons. The third kappa shape index (κ3) is 4.46. The van der Waals surface area contributed by atoms with Gasteiger partial charge in [-0.25, -0.2) is 9.97 Å². The summed E-state index contributed by atoms with van der Waals surface area (Å²) in [5.74, 6) is 1.37. The van der Waals surface area contributed by atoms with E-state index in [4.69, 9.17) is 10.5 Å². The van der Waals surface area contributed by atoms with Crippen LogP contribution in [-0.4, -0.2) is 16.0 Å². The molecule has 0 aliphatic carbocycles. The largest absolute Gasteiger partial charge is 0.488 e. The summed E-state index contributed by atoms with van der Waals surface area (Å²) < 4.78 is 6.22. The van der Waals surface area contributed by atoms with Crippen LogP contribution in [0.2, 0.25) is 0 Å². The fraction of sp³-hybridized carbons (Fsp3) is 0.167. The van der Waals surface area contributed by atoms with E-state index in [1.807, 2.05) is 66.9 Å². The minimum Gasteiger partial charge on any atom is -0.488 e. The summed E-state index contributed by atoms with van der Waals surface area (Å²) in [7, 11) is 0. The first kappa shape index (κ1) is 18.7. The first-order valence-corrected chi connectivity index (χ1v) is 9.68. The van der Waals surface area contributed by atoms with Crippen molar-refractivity contribution in [2.45, 2.75) is 26.5 Å². The Balaban J connectivity index is 1.77. The highest BCUT2D eigenvalue weighted by molar-refractivity contribution is 5.88. The molecule has 0 saturated heterocycles. The topological polar surface area (TPSA) is 73.1 Å². The molecule has 1 heterocycles. The van der Waals surface area contributed by atoms with E-state index < -0.39 is 0 Å². The fourth-order valence-electron chi connectivity index (χ4n) is 3.17. The quantitative estimate of drug-likeness (QED) is 0.443. The van der Waals surface area contributed by atoms with E-state index >= 15 is 0 Å². The van der Waals surface area contributed by atoms with Crippen LogP contribution in [0.5, 0.6) is 5.75 Å². The summed E-state index contributed by atoms with van der Waals surface area (Å²) in [5, 5.41) is 4.20. The van der Waals surface area contributed by atoms with Crippen molar-refractivity contribution in [3.05, 3.63) is 78.5 Å². The summed E-state index contributed by atoms with van der Waals surface area (Å²) in [4.78, 5) is 9.09. The van der Waals surface area contributed by atoms with Crippen molar-refractivity contribution in [3.8, 4) is 16.9 Å². The average molecular weight is 384 g/mol. The number of hydrogen-bond acceptors (Lipinski definition) is 5. The summed E-state index contributed by atoms with van der Waals surface area (Å²) in [6, 6.07) is 22.2. The van der Waals surface area contributed by atoms with Gasteiger partial charge in [-0.2, -0.15) is 0 Å². The minimum absolute atomic E-state index is 0.257. The van der Waals surface area contributed by atoms with E-state index in [1.165, 1.54) is 0 Å². The average Bonchev–Trinajstić information content (AvgIpc) is 2.72. The lowest BCUT2D eigenvalue weighted by Gasteiger charge is -2.15. The molecule has 0 saturated carbocycles. The van der Waals surface area contributed by atoms with E-state index in [2.05, 4.69) is 35.2 Å². The third-order valence-corrected chi connectivity index (χ3v) is 4.53. The molecule has 0 spiro atoms. The van der Waals surface area contributed by atoms with Crippen LogP contribution in [-0.2, 0) is 6.61 Å². The molecule has 4 aromatic rings. The molecule has 0 unspecified atom stereocenters. The van der Waals surface area contributed by atoms with Gasteiger partial charge in [-0.1, -0.05) is 42.5 Å². The smallest absolute Gasteiger partial charge is 0.223 e. The molecule has 29 heavy (non-hydrogen) atoms. The highest BCUT2D eigenvalue weighted by atomic mass is 16.5. The predicted molar refractivity (Wildman–Crippen MR) is 119 cm³/mol. The van der Waals surface area contributed by atoms with E-state index in [9.17, 15) is 0 Å². The number of rotatable bonds is 6. The van der Waals surface area contributed by atoms with Gasteiger partial charge in [0, 0.05) is 34.9 Å². The number of benzene rings is 3. The molecular formula is C24H24N4O. The van der Waals surface area contributed by atoms with Gasteiger partial charge in [-0.15, -0.1) is 0 Å². The summed E-state index contributed by atoms with van der Waals surface area (Å²) >= 11 is 0. The van der Waals surface area contributed by atoms with Gasteiger partial charge in [0.15, 0.2) is 0 Å². The van der Waals surface area contributed by atoms with Crippen molar-refractivity contribution < 1.29 is 4.74 Å². The number of fused-ring (bicyclic) bond motifs is 1. The normalized spacial score (nSPS) is 11.0. The lowest BCUT2D eigenvalue weighted by atomic mass is 10.0. The number of aromatic nitrogens is 2. The van der Waals surface area contributed by atoms with Crippen LogP contribution in [0.25, 0.3) is 22.0 Å². The molecule has 0 radical (unpaired) electrons. The molecule has 0 bridgehead atoms. The Hall–Kier alpha value is -3.60. The van der Waals surface area contributed by atoms with Crippen molar-refractivity contribution in [2.75, 3.05) is 11.1 Å². The van der Waals surface area contributed by atoms with Gasteiger partial charge < -0.3 is 15.8 Å². The van der Waals surface area contributed by atoms with Crippen LogP contribution in [0.4, 0.5) is 11.6 Å². The number of nitrogens with zero attached hydrogens (tertiary/aromatic N) is 2. The molecule has 0 atom stereocenters. The maximum absolute atomic E-state index is 6.22. The Kier molecular flexibility index (Phi) is 5.29. The van der Waals surface area contributed by atoms with Crippen LogP contribution < -0.4 is 15.8 Å². The Morgan fingerprint density at radius 1 is 1.00 bits per heavy atom. The van der Waals surface area contributed by atoms with Crippen molar-refractivity contribution in [3.63, 3.8) is 0 Å². The maximum Gasteiger partial charge on any atom is 0.223 e. The number of nitrogens with one attached hydrogen (secondary N) is 1. The van der Waals surface area contributed by atoms with Crippen molar-refractivity contribution in [1.82, 2.24) is 9.97 Å². The summed E-state index contributed by atoms with van der Waals surface area (Å²) in [5.41, 5.74) is 10.6. The van der Waals surface area contributed by atoms with Gasteiger partial charge in [-0.05, 0) is 43.2 Å². The predicted octanol–water partition coefficient (Wildman–Crippen LogP) is 5.28. The van der Waals surface area contributed by atoms with Crippen LogP contribution in [0, 0.1) is 0 Å². The van der Waals surface area contributed by atoms with Gasteiger partial charge in [0.1, 0.15) is 12.4 Å². The van der Waals surface area contributed by atoms with Gasteiger partial charge in [0.05, 0.1) is 5.52 Å². The van der Waals surface area contributed by atoms with Crippen LogP contribution >= 0.6 is 0 Å². The second-order valence-electron chi connectivity index (χ2n) is 7.30. The number of nitrogen functional groups attached to an aromatic ring is 1. The van der Waals surface area contributed by atoms with Gasteiger partial charge in [0.2, 0.25) is 5.95 Å². The number of hydrogen-bond donors (Lipinski definition) is 2. The molecule has 5 nitrogen and oxygen atoms in total. The second kappa shape index (κ2) is 8.19. The molecule has 0 fully saturated rings. The number of anilines is 2. The fourth-order valence-corrected chi connectivity index (χ4v) is 3.17. The van der Waals surface area contributed by atoms with Crippen molar-refractivity contribution >= 4 is 22.5 Å². The lowest BCUT2D eigenvalue weighted by Crippen LogP contribution is -2.12. The molecule has 0 amide bonds. The van der Waals surface area contributed by atoms with Gasteiger partial charge >= 0.3 is 0 Å². The molecule has 3 aromatic carbocycles. The second-order valence-corrected chi connectivity index (χ2v) is 7.30. The van der Waals surface area contributed by atoms with Gasteiger partial charge in [-0.3, -0.25) is 0 Å². The lowest BCUT2D eigenvalue weighted by molar-refractivity contribution is 0.308. The Bertz CT molecular complexity index is 1130. The van der Waals surface area contributed by atoms with Gasteiger partial charge in [0.25, 0.3) is 0 Å². The van der Waals surface area contributed by atoms with E-state index in [0.29, 0.717) is 18.2 Å². The van der Waals surface area contributed by atoms with Crippen LogP contribution in [0.1, 0.15) is 19.4 Å². The molecule has 5 heteroatoms. The SMILES string of the molecule is CC(C)Nc1ncc2cc(-c3cccc(N)c3)c(OCc3ccccc3)cc2n1. The number of ether oxygens (including phenoxy) is 1. The summed E-state index contributed by atoms with van der Waals surface area (Å²) in [6.45, 7) is 4.60. The Labute approximate surface area is 170 Å². The monoisotopic (exact) mass is 384 g/mol. The first-order chi connectivity index (χ1) is 14.1. The first-order valence-electron chi connectivity index (χ1n) is 9.68. The van der Waals surface area contributed by atoms with Crippen LogP contribution in [0.3, 0.4) is 0 Å². The van der Waals surface area contributed by atoms with Crippen LogP contribution in [0.15, 0.2) is 72.9 Å². The highest BCUT2D eigenvalue weighted by Gasteiger charge is 2.12. The Morgan fingerprint density at radius 2 is 1.83 bits per heavy atom. The molecular weight excluding hydrogens is 360 g/mol.